The summed E-state index contributed by atoms with van der Waals surface area (Å²) in [5.41, 5.74) is 2.02. The van der Waals surface area contributed by atoms with Crippen LogP contribution in [0.25, 0.3) is 0 Å². The normalized spacial score (nSPS) is 15.5. The summed E-state index contributed by atoms with van der Waals surface area (Å²) in [5.74, 6) is -0.894. The number of methoxy groups -OCH3 is 2. The Morgan fingerprint density at radius 3 is 2.82 bits per heavy atom. The van der Waals surface area contributed by atoms with E-state index in [-0.39, 0.29) is 18.2 Å². The largest absolute Gasteiger partial charge is 0.497 e. The van der Waals surface area contributed by atoms with E-state index in [4.69, 9.17) is 9.47 Å². The maximum Gasteiger partial charge on any atom is 0.344 e. The van der Waals surface area contributed by atoms with Crippen LogP contribution in [0.2, 0.25) is 0 Å². The lowest BCUT2D eigenvalue weighted by atomic mass is 9.97. The molecule has 10 heteroatoms. The zero-order valence-corrected chi connectivity index (χ0v) is 19.4. The number of carbonyl (C=O) groups is 3. The van der Waals surface area contributed by atoms with Crippen molar-refractivity contribution in [3.8, 4) is 11.8 Å². The highest BCUT2D eigenvalue weighted by Gasteiger charge is 2.33. The van der Waals surface area contributed by atoms with Gasteiger partial charge < -0.3 is 19.5 Å². The van der Waals surface area contributed by atoms with Crippen LogP contribution in [0.1, 0.15) is 46.9 Å². The van der Waals surface area contributed by atoms with Crippen LogP contribution < -0.4 is 15.4 Å². The molecule has 174 valence electrons. The molecule has 33 heavy (non-hydrogen) atoms. The predicted molar refractivity (Wildman–Crippen MR) is 121 cm³/mol. The smallest absolute Gasteiger partial charge is 0.344 e. The van der Waals surface area contributed by atoms with Crippen molar-refractivity contribution in [2.75, 3.05) is 32.7 Å². The second-order valence-corrected chi connectivity index (χ2v) is 8.56. The fourth-order valence-electron chi connectivity index (χ4n) is 3.59. The Morgan fingerprint density at radius 1 is 1.33 bits per heavy atom. The van der Waals surface area contributed by atoms with Crippen LogP contribution in [-0.2, 0) is 30.3 Å². The number of rotatable bonds is 8. The van der Waals surface area contributed by atoms with Crippen LogP contribution in [0.4, 0.5) is 5.00 Å². The molecule has 2 N–H and O–H groups in total. The van der Waals surface area contributed by atoms with E-state index in [0.29, 0.717) is 34.0 Å². The summed E-state index contributed by atoms with van der Waals surface area (Å²) in [6.07, 6.45) is 0.745. The van der Waals surface area contributed by atoms with E-state index in [0.717, 1.165) is 11.3 Å². The SMILES string of the molecule is COC(=O)COC(=O)C1NCCc2c1sc(NC(=O)CC(C)c1cccc(OC)c1)c2C#N. The number of hydrogen-bond acceptors (Lipinski definition) is 9. The number of thiophene rings is 1. The third kappa shape index (κ3) is 5.69. The average Bonchev–Trinajstić information content (AvgIpc) is 3.18. The first kappa shape index (κ1) is 24.2. The molecule has 1 aliphatic heterocycles. The Morgan fingerprint density at radius 2 is 2.12 bits per heavy atom. The number of esters is 2. The summed E-state index contributed by atoms with van der Waals surface area (Å²) >= 11 is 1.17. The number of fused-ring (bicyclic) bond motifs is 1. The van der Waals surface area contributed by atoms with Crippen molar-refractivity contribution in [3.63, 3.8) is 0 Å². The molecule has 0 radical (unpaired) electrons. The van der Waals surface area contributed by atoms with Gasteiger partial charge in [-0.05, 0) is 35.6 Å². The number of benzene rings is 1. The molecule has 2 unspecified atom stereocenters. The summed E-state index contributed by atoms with van der Waals surface area (Å²) < 4.78 is 14.8. The Balaban J connectivity index is 1.74. The molecular weight excluding hydrogens is 446 g/mol. The topological polar surface area (TPSA) is 127 Å². The third-order valence-corrected chi connectivity index (χ3v) is 6.55. The molecule has 1 aromatic heterocycles. The van der Waals surface area contributed by atoms with E-state index < -0.39 is 24.6 Å². The zero-order valence-electron chi connectivity index (χ0n) is 18.6. The molecule has 0 bridgehead atoms. The Labute approximate surface area is 195 Å². The Kier molecular flexibility index (Phi) is 8.03. The summed E-state index contributed by atoms with van der Waals surface area (Å²) in [5, 5.41) is 16.0. The van der Waals surface area contributed by atoms with Gasteiger partial charge >= 0.3 is 11.9 Å². The quantitative estimate of drug-likeness (QED) is 0.563. The van der Waals surface area contributed by atoms with E-state index in [9.17, 15) is 19.6 Å². The molecule has 2 aromatic rings. The number of hydrogen-bond donors (Lipinski definition) is 2. The van der Waals surface area contributed by atoms with Gasteiger partial charge in [0.25, 0.3) is 0 Å². The number of nitrogens with zero attached hydrogens (tertiary/aromatic N) is 1. The summed E-state index contributed by atoms with van der Waals surface area (Å²) in [6, 6.07) is 8.86. The van der Waals surface area contributed by atoms with Crippen molar-refractivity contribution >= 4 is 34.2 Å². The van der Waals surface area contributed by atoms with Gasteiger partial charge in [0.05, 0.1) is 19.8 Å². The first-order valence-electron chi connectivity index (χ1n) is 10.3. The fourth-order valence-corrected chi connectivity index (χ4v) is 4.87. The van der Waals surface area contributed by atoms with Crippen LogP contribution in [0.5, 0.6) is 5.75 Å². The van der Waals surface area contributed by atoms with Crippen molar-refractivity contribution in [1.29, 1.82) is 5.26 Å². The minimum Gasteiger partial charge on any atom is -0.497 e. The highest BCUT2D eigenvalue weighted by Crippen LogP contribution is 2.39. The Bertz CT molecular complexity index is 1090. The van der Waals surface area contributed by atoms with E-state index in [1.807, 2.05) is 31.2 Å². The molecule has 9 nitrogen and oxygen atoms in total. The zero-order chi connectivity index (χ0) is 24.0. The van der Waals surface area contributed by atoms with Gasteiger partial charge in [-0.2, -0.15) is 5.26 Å². The number of amides is 1. The van der Waals surface area contributed by atoms with Gasteiger partial charge in [0.2, 0.25) is 5.91 Å². The lowest BCUT2D eigenvalue weighted by Gasteiger charge is -2.22. The van der Waals surface area contributed by atoms with Gasteiger partial charge in [-0.25, -0.2) is 9.59 Å². The number of anilines is 1. The van der Waals surface area contributed by atoms with Gasteiger partial charge in [0.1, 0.15) is 22.9 Å². The average molecular weight is 472 g/mol. The lowest BCUT2D eigenvalue weighted by Crippen LogP contribution is -2.36. The highest BCUT2D eigenvalue weighted by molar-refractivity contribution is 7.17. The van der Waals surface area contributed by atoms with Gasteiger partial charge in [0.15, 0.2) is 6.61 Å². The molecule has 2 heterocycles. The number of carbonyl (C=O) groups excluding carboxylic acids is 3. The van der Waals surface area contributed by atoms with Crippen LogP contribution in [0, 0.1) is 11.3 Å². The fraction of sp³-hybridized carbons (Fsp3) is 0.391. The first-order chi connectivity index (χ1) is 15.9. The summed E-state index contributed by atoms with van der Waals surface area (Å²) in [4.78, 5) is 37.1. The van der Waals surface area contributed by atoms with Gasteiger partial charge in [-0.15, -0.1) is 11.3 Å². The van der Waals surface area contributed by atoms with E-state index in [1.54, 1.807) is 7.11 Å². The van der Waals surface area contributed by atoms with E-state index >= 15 is 0 Å². The van der Waals surface area contributed by atoms with Crippen LogP contribution in [-0.4, -0.2) is 45.2 Å². The second kappa shape index (κ2) is 10.9. The summed E-state index contributed by atoms with van der Waals surface area (Å²) in [6.45, 7) is 1.90. The molecule has 2 atom stereocenters. The molecule has 0 aliphatic carbocycles. The van der Waals surface area contributed by atoms with Crippen molar-refractivity contribution in [1.82, 2.24) is 5.32 Å². The van der Waals surface area contributed by atoms with Crippen molar-refractivity contribution in [2.24, 2.45) is 0 Å². The summed E-state index contributed by atoms with van der Waals surface area (Å²) in [7, 11) is 2.79. The standard InChI is InChI=1S/C23H25N3O6S/c1-13(14-5-4-6-15(10-14)30-2)9-18(27)26-22-17(11-24)16-7-8-25-20(21(16)33-22)23(29)32-12-19(28)31-3/h4-6,10,13,20,25H,7-9,12H2,1-3H3,(H,26,27). The molecule has 3 rings (SSSR count). The minimum absolute atomic E-state index is 0.0667. The molecule has 0 saturated heterocycles. The third-order valence-electron chi connectivity index (χ3n) is 5.34. The molecule has 0 spiro atoms. The monoisotopic (exact) mass is 471 g/mol. The molecule has 1 aliphatic rings. The maximum atomic E-state index is 12.8. The first-order valence-corrected chi connectivity index (χ1v) is 11.2. The minimum atomic E-state index is -0.822. The molecule has 1 amide bonds. The molecule has 1 aromatic carbocycles. The van der Waals surface area contributed by atoms with E-state index in [1.165, 1.54) is 18.4 Å². The molecular formula is C23H25N3O6S. The highest BCUT2D eigenvalue weighted by atomic mass is 32.1. The molecule has 0 fully saturated rings. The number of ether oxygens (including phenoxy) is 3. The van der Waals surface area contributed by atoms with Crippen molar-refractivity contribution < 1.29 is 28.6 Å². The van der Waals surface area contributed by atoms with Gasteiger partial charge in [-0.3, -0.25) is 10.1 Å². The van der Waals surface area contributed by atoms with Gasteiger partial charge in [-0.1, -0.05) is 19.1 Å². The van der Waals surface area contributed by atoms with Crippen LogP contribution >= 0.6 is 11.3 Å². The van der Waals surface area contributed by atoms with Gasteiger partial charge in [0, 0.05) is 17.8 Å². The van der Waals surface area contributed by atoms with Crippen LogP contribution in [0.15, 0.2) is 24.3 Å². The number of nitriles is 1. The maximum absolute atomic E-state index is 12.8. The lowest BCUT2D eigenvalue weighted by molar-refractivity contribution is -0.158. The second-order valence-electron chi connectivity index (χ2n) is 7.51. The Hall–Kier alpha value is -3.42. The van der Waals surface area contributed by atoms with Crippen LogP contribution in [0.3, 0.4) is 0 Å². The van der Waals surface area contributed by atoms with E-state index in [2.05, 4.69) is 21.4 Å². The molecule has 0 saturated carbocycles. The number of nitrogens with one attached hydrogen (secondary N) is 2. The van der Waals surface area contributed by atoms with Crippen molar-refractivity contribution in [2.45, 2.75) is 31.7 Å². The van der Waals surface area contributed by atoms with Crippen molar-refractivity contribution in [3.05, 3.63) is 45.8 Å². The predicted octanol–water partition coefficient (Wildman–Crippen LogP) is 2.66.